The van der Waals surface area contributed by atoms with Crippen LogP contribution in [0.2, 0.25) is 0 Å². The summed E-state index contributed by atoms with van der Waals surface area (Å²) >= 11 is 0. The molecule has 7 heteroatoms. The van der Waals surface area contributed by atoms with E-state index in [1.807, 2.05) is 6.92 Å². The zero-order chi connectivity index (χ0) is 20.1. The van der Waals surface area contributed by atoms with Gasteiger partial charge >= 0.3 is 6.18 Å². The van der Waals surface area contributed by atoms with E-state index in [1.165, 1.54) is 18.3 Å². The fourth-order valence-corrected chi connectivity index (χ4v) is 2.48. The topological polar surface area (TPSA) is 51.2 Å². The molecule has 0 aliphatic rings. The van der Waals surface area contributed by atoms with Crippen LogP contribution in [0.5, 0.6) is 11.5 Å². The SMILES string of the molecule is Cc1ccc(C(=O)NCc2cccc(Oc3cccc(C(F)(F)F)c3)c2)cn1. The molecule has 0 aliphatic carbocycles. The fourth-order valence-electron chi connectivity index (χ4n) is 2.48. The third-order valence-electron chi connectivity index (χ3n) is 3.92. The van der Waals surface area contributed by atoms with Crippen molar-refractivity contribution >= 4 is 5.91 Å². The molecule has 2 aromatic carbocycles. The molecule has 0 aliphatic heterocycles. The molecular formula is C21H17F3N2O2. The van der Waals surface area contributed by atoms with E-state index in [1.54, 1.807) is 36.4 Å². The average molecular weight is 386 g/mol. The van der Waals surface area contributed by atoms with Crippen LogP contribution in [0.15, 0.2) is 66.9 Å². The maximum absolute atomic E-state index is 12.8. The monoisotopic (exact) mass is 386 g/mol. The van der Waals surface area contributed by atoms with E-state index in [-0.39, 0.29) is 18.2 Å². The van der Waals surface area contributed by atoms with E-state index in [9.17, 15) is 18.0 Å². The number of benzene rings is 2. The number of carbonyl (C=O) groups excluding carboxylic acids is 1. The summed E-state index contributed by atoms with van der Waals surface area (Å²) in [5.74, 6) is 0.196. The van der Waals surface area contributed by atoms with Crippen LogP contribution >= 0.6 is 0 Å². The molecule has 0 unspecified atom stereocenters. The van der Waals surface area contributed by atoms with Crippen molar-refractivity contribution in [3.05, 3.63) is 89.2 Å². The molecule has 1 N–H and O–H groups in total. The van der Waals surface area contributed by atoms with Gasteiger partial charge in [0, 0.05) is 18.4 Å². The largest absolute Gasteiger partial charge is 0.457 e. The van der Waals surface area contributed by atoms with Gasteiger partial charge in [-0.1, -0.05) is 18.2 Å². The molecule has 0 saturated carbocycles. The lowest BCUT2D eigenvalue weighted by molar-refractivity contribution is -0.137. The summed E-state index contributed by atoms with van der Waals surface area (Å²) in [6, 6.07) is 14.9. The Hall–Kier alpha value is -3.35. The maximum atomic E-state index is 12.8. The Morgan fingerprint density at radius 3 is 2.43 bits per heavy atom. The number of ether oxygens (including phenoxy) is 1. The molecule has 0 atom stereocenters. The van der Waals surface area contributed by atoms with Crippen molar-refractivity contribution in [1.29, 1.82) is 0 Å². The van der Waals surface area contributed by atoms with Crippen LogP contribution < -0.4 is 10.1 Å². The smallest absolute Gasteiger partial charge is 0.416 e. The lowest BCUT2D eigenvalue weighted by Gasteiger charge is -2.11. The third-order valence-corrected chi connectivity index (χ3v) is 3.92. The second-order valence-corrected chi connectivity index (χ2v) is 6.15. The first kappa shape index (κ1) is 19.4. The van der Waals surface area contributed by atoms with Gasteiger partial charge < -0.3 is 10.1 Å². The number of hydrogen-bond donors (Lipinski definition) is 1. The molecule has 1 aromatic heterocycles. The number of carbonyl (C=O) groups is 1. The highest BCUT2D eigenvalue weighted by Crippen LogP contribution is 2.32. The Morgan fingerprint density at radius 1 is 1.04 bits per heavy atom. The van der Waals surface area contributed by atoms with Crippen molar-refractivity contribution in [2.45, 2.75) is 19.6 Å². The average Bonchev–Trinajstić information content (AvgIpc) is 2.66. The van der Waals surface area contributed by atoms with Gasteiger partial charge in [0.25, 0.3) is 5.91 Å². The molecule has 144 valence electrons. The van der Waals surface area contributed by atoms with Crippen LogP contribution in [0.25, 0.3) is 0 Å². The summed E-state index contributed by atoms with van der Waals surface area (Å²) in [6.07, 6.45) is -2.94. The van der Waals surface area contributed by atoms with Crippen LogP contribution in [0.4, 0.5) is 13.2 Å². The highest BCUT2D eigenvalue weighted by atomic mass is 19.4. The molecule has 0 spiro atoms. The molecule has 3 aromatic rings. The predicted octanol–water partition coefficient (Wildman–Crippen LogP) is 5.13. The van der Waals surface area contributed by atoms with Gasteiger partial charge in [0.05, 0.1) is 11.1 Å². The zero-order valence-corrected chi connectivity index (χ0v) is 15.0. The second-order valence-electron chi connectivity index (χ2n) is 6.15. The number of alkyl halides is 3. The van der Waals surface area contributed by atoms with Crippen LogP contribution in [0.1, 0.15) is 27.2 Å². The van der Waals surface area contributed by atoms with Crippen LogP contribution in [-0.4, -0.2) is 10.9 Å². The number of pyridine rings is 1. The van der Waals surface area contributed by atoms with E-state index < -0.39 is 11.7 Å². The molecule has 0 fully saturated rings. The summed E-state index contributed by atoms with van der Waals surface area (Å²) in [7, 11) is 0. The molecule has 1 heterocycles. The summed E-state index contributed by atoms with van der Waals surface area (Å²) in [6.45, 7) is 2.07. The fraction of sp³-hybridized carbons (Fsp3) is 0.143. The van der Waals surface area contributed by atoms with Crippen LogP contribution in [-0.2, 0) is 12.7 Å². The zero-order valence-electron chi connectivity index (χ0n) is 15.0. The molecule has 28 heavy (non-hydrogen) atoms. The highest BCUT2D eigenvalue weighted by Gasteiger charge is 2.30. The molecule has 0 bridgehead atoms. The number of nitrogens with zero attached hydrogens (tertiary/aromatic N) is 1. The molecule has 4 nitrogen and oxygen atoms in total. The van der Waals surface area contributed by atoms with E-state index in [4.69, 9.17) is 4.74 Å². The lowest BCUT2D eigenvalue weighted by Crippen LogP contribution is -2.22. The van der Waals surface area contributed by atoms with Gasteiger partial charge in [0.15, 0.2) is 0 Å². The van der Waals surface area contributed by atoms with E-state index in [0.717, 1.165) is 23.4 Å². The summed E-state index contributed by atoms with van der Waals surface area (Å²) in [4.78, 5) is 16.2. The standard InChI is InChI=1S/C21H17F3N2O2/c1-14-8-9-16(13-25-14)20(27)26-12-15-4-2-6-18(10-15)28-19-7-3-5-17(11-19)21(22,23)24/h2-11,13H,12H2,1H3,(H,26,27). The van der Waals surface area contributed by atoms with Gasteiger partial charge in [-0.15, -0.1) is 0 Å². The minimum absolute atomic E-state index is 0.0849. The summed E-state index contributed by atoms with van der Waals surface area (Å²) in [5, 5.41) is 2.77. The normalized spacial score (nSPS) is 11.1. The van der Waals surface area contributed by atoms with Crippen molar-refractivity contribution < 1.29 is 22.7 Å². The van der Waals surface area contributed by atoms with Crippen molar-refractivity contribution in [1.82, 2.24) is 10.3 Å². The van der Waals surface area contributed by atoms with Gasteiger partial charge in [-0.05, 0) is 55.0 Å². The van der Waals surface area contributed by atoms with Crippen LogP contribution in [0, 0.1) is 6.92 Å². The first-order chi connectivity index (χ1) is 13.3. The Kier molecular flexibility index (Phi) is 5.63. The van der Waals surface area contributed by atoms with Crippen molar-refractivity contribution in [3.63, 3.8) is 0 Å². The molecular weight excluding hydrogens is 369 g/mol. The summed E-state index contributed by atoms with van der Waals surface area (Å²) < 4.78 is 44.0. The number of halogens is 3. The number of amides is 1. The predicted molar refractivity (Wildman–Crippen MR) is 98.1 cm³/mol. The quantitative estimate of drug-likeness (QED) is 0.661. The van der Waals surface area contributed by atoms with Crippen molar-refractivity contribution in [2.24, 2.45) is 0 Å². The van der Waals surface area contributed by atoms with Crippen LogP contribution in [0.3, 0.4) is 0 Å². The Bertz CT molecular complexity index is 970. The lowest BCUT2D eigenvalue weighted by atomic mass is 10.2. The van der Waals surface area contributed by atoms with E-state index >= 15 is 0 Å². The molecule has 3 rings (SSSR count). The van der Waals surface area contributed by atoms with Gasteiger partial charge in [-0.3, -0.25) is 9.78 Å². The summed E-state index contributed by atoms with van der Waals surface area (Å²) in [5.41, 5.74) is 1.23. The molecule has 0 saturated heterocycles. The Balaban J connectivity index is 1.66. The highest BCUT2D eigenvalue weighted by molar-refractivity contribution is 5.93. The van der Waals surface area contributed by atoms with Gasteiger partial charge in [-0.2, -0.15) is 13.2 Å². The molecule has 1 amide bonds. The molecule has 0 radical (unpaired) electrons. The van der Waals surface area contributed by atoms with Gasteiger partial charge in [0.1, 0.15) is 11.5 Å². The first-order valence-corrected chi connectivity index (χ1v) is 8.46. The van der Waals surface area contributed by atoms with Crippen molar-refractivity contribution in [2.75, 3.05) is 0 Å². The number of aromatic nitrogens is 1. The third kappa shape index (κ3) is 5.09. The maximum Gasteiger partial charge on any atom is 0.416 e. The number of nitrogens with one attached hydrogen (secondary N) is 1. The Labute approximate surface area is 160 Å². The minimum Gasteiger partial charge on any atom is -0.457 e. The first-order valence-electron chi connectivity index (χ1n) is 8.46. The van der Waals surface area contributed by atoms with Crippen molar-refractivity contribution in [3.8, 4) is 11.5 Å². The number of aryl methyl sites for hydroxylation is 1. The van der Waals surface area contributed by atoms with Gasteiger partial charge in [-0.25, -0.2) is 0 Å². The van der Waals surface area contributed by atoms with Gasteiger partial charge in [0.2, 0.25) is 0 Å². The second kappa shape index (κ2) is 8.12. The van der Waals surface area contributed by atoms with E-state index in [0.29, 0.717) is 11.3 Å². The minimum atomic E-state index is -4.43. The number of rotatable bonds is 5. The number of hydrogen-bond acceptors (Lipinski definition) is 3. The Morgan fingerprint density at radius 2 is 1.75 bits per heavy atom. The van der Waals surface area contributed by atoms with E-state index in [2.05, 4.69) is 10.3 Å².